The molecule has 1 aliphatic carbocycles. The number of carbonyl (C=O) groups is 1. The highest BCUT2D eigenvalue weighted by atomic mass is 16.7. The minimum absolute atomic E-state index is 0.133. The maximum atomic E-state index is 11.3. The molecule has 0 fully saturated rings. The molecule has 0 bridgehead atoms. The van der Waals surface area contributed by atoms with E-state index in [1.54, 1.807) is 0 Å². The van der Waals surface area contributed by atoms with Gasteiger partial charge in [-0.25, -0.2) is 0 Å². The summed E-state index contributed by atoms with van der Waals surface area (Å²) in [6.45, 7) is 28.1. The zero-order valence-corrected chi connectivity index (χ0v) is 35.4. The lowest BCUT2D eigenvalue weighted by Gasteiger charge is -2.23. The number of benzene rings is 4. The highest BCUT2D eigenvalue weighted by Crippen LogP contribution is 2.37. The Balaban J connectivity index is 0.000000141. The van der Waals surface area contributed by atoms with E-state index in [-0.39, 0.29) is 27.6 Å². The molecule has 0 atom stereocenters. The highest BCUT2D eigenvalue weighted by molar-refractivity contribution is 5.94. The van der Waals surface area contributed by atoms with Crippen molar-refractivity contribution in [1.82, 2.24) is 0 Å². The van der Waals surface area contributed by atoms with Gasteiger partial charge in [0.2, 0.25) is 12.7 Å². The van der Waals surface area contributed by atoms with Crippen molar-refractivity contribution < 1.29 is 23.7 Å². The van der Waals surface area contributed by atoms with Crippen LogP contribution < -0.4 is 24.3 Å². The molecular weight excluding hydrogens is 683 g/mol. The van der Waals surface area contributed by atoms with Crippen LogP contribution in [0, 0.1) is 0 Å². The number of hydrogen-bond acceptors (Lipinski definition) is 5. The van der Waals surface area contributed by atoms with Gasteiger partial charge in [-0.2, -0.15) is 0 Å². The van der Waals surface area contributed by atoms with Crippen molar-refractivity contribution in [3.63, 3.8) is 0 Å². The van der Waals surface area contributed by atoms with E-state index < -0.39 is 0 Å². The summed E-state index contributed by atoms with van der Waals surface area (Å²) in [5, 5.41) is 2.93. The molecule has 0 unspecified atom stereocenters. The van der Waals surface area contributed by atoms with E-state index in [9.17, 15) is 4.79 Å². The van der Waals surface area contributed by atoms with Gasteiger partial charge in [-0.15, -0.1) is 0 Å². The minimum atomic E-state index is 0.133. The van der Waals surface area contributed by atoms with E-state index in [1.807, 2.05) is 12.1 Å². The van der Waals surface area contributed by atoms with Gasteiger partial charge in [0.1, 0.15) is 13.2 Å². The largest absolute Gasteiger partial charge is 0.486 e. The highest BCUT2D eigenvalue weighted by Gasteiger charge is 2.22. The van der Waals surface area contributed by atoms with Crippen LogP contribution in [0.5, 0.6) is 23.0 Å². The van der Waals surface area contributed by atoms with Gasteiger partial charge in [0, 0.05) is 12.1 Å². The van der Waals surface area contributed by atoms with E-state index in [1.165, 1.54) is 38.9 Å². The summed E-state index contributed by atoms with van der Waals surface area (Å²) in [6.07, 6.45) is 7.03. The van der Waals surface area contributed by atoms with Crippen molar-refractivity contribution in [3.8, 4) is 23.0 Å². The number of hydrogen-bond donors (Lipinski definition) is 1. The number of aryl methyl sites for hydroxylation is 1. The standard InChI is InChI=1S/C13H17NO.C13H16.C12H16O2.C11H14O2/c1-13(2,3)10-6-4-9-5-7-12(15)14-11(9)8-10;1-13(2,3)12-8-7-10-5-4-6-11(10)9-12;1-12(2,3)9-4-5-10-11(8-9)14-7-6-13-10;1-11(2,3)8-4-5-9-10(6-8)13-7-12-9/h4,6,8H,5,7H2,1-3H3,(H,14,15);4-5,7-9H,6H2,1-3H3;4-5,8H,6-7H2,1-3H3;4-6H,7H2,1-3H3. The maximum absolute atomic E-state index is 11.3. The lowest BCUT2D eigenvalue weighted by atomic mass is 9.85. The molecule has 1 amide bonds. The predicted molar refractivity (Wildman–Crippen MR) is 227 cm³/mol. The second kappa shape index (κ2) is 16.6. The fourth-order valence-corrected chi connectivity index (χ4v) is 6.44. The van der Waals surface area contributed by atoms with Crippen molar-refractivity contribution in [2.75, 3.05) is 25.3 Å². The van der Waals surface area contributed by atoms with E-state index in [2.05, 4.69) is 161 Å². The van der Waals surface area contributed by atoms with Gasteiger partial charge < -0.3 is 24.3 Å². The molecule has 8 rings (SSSR count). The predicted octanol–water partition coefficient (Wildman–Crippen LogP) is 11.9. The Kier molecular flexibility index (Phi) is 12.5. The topological polar surface area (TPSA) is 66.0 Å². The Hall–Kier alpha value is -4.71. The molecule has 294 valence electrons. The summed E-state index contributed by atoms with van der Waals surface area (Å²) in [4.78, 5) is 11.3. The number of fused-ring (bicyclic) bond motifs is 4. The Morgan fingerprint density at radius 1 is 0.491 bits per heavy atom. The summed E-state index contributed by atoms with van der Waals surface area (Å²) < 4.78 is 21.6. The van der Waals surface area contributed by atoms with Crippen LogP contribution in [-0.4, -0.2) is 25.9 Å². The van der Waals surface area contributed by atoms with E-state index in [0.717, 1.165) is 41.5 Å². The fraction of sp³-hybridized carbons (Fsp3) is 0.449. The lowest BCUT2D eigenvalue weighted by molar-refractivity contribution is -0.116. The van der Waals surface area contributed by atoms with Crippen molar-refractivity contribution >= 4 is 17.7 Å². The zero-order chi connectivity index (χ0) is 40.2. The number of allylic oxidation sites excluding steroid dienone is 1. The van der Waals surface area contributed by atoms with Crippen LogP contribution in [0.15, 0.2) is 78.9 Å². The van der Waals surface area contributed by atoms with Gasteiger partial charge in [-0.3, -0.25) is 4.79 Å². The summed E-state index contributed by atoms with van der Waals surface area (Å²) in [6, 6.07) is 25.5. The number of anilines is 1. The molecule has 55 heavy (non-hydrogen) atoms. The maximum Gasteiger partial charge on any atom is 0.231 e. The van der Waals surface area contributed by atoms with Crippen LogP contribution in [0.3, 0.4) is 0 Å². The summed E-state index contributed by atoms with van der Waals surface area (Å²) in [5.41, 5.74) is 11.1. The number of rotatable bonds is 0. The molecule has 4 aromatic carbocycles. The van der Waals surface area contributed by atoms with Gasteiger partial charge >= 0.3 is 0 Å². The molecule has 0 saturated carbocycles. The molecule has 1 N–H and O–H groups in total. The van der Waals surface area contributed by atoms with Gasteiger partial charge in [-0.05, 0) is 104 Å². The first-order valence-electron chi connectivity index (χ1n) is 19.7. The molecule has 6 heteroatoms. The number of ether oxygens (including phenoxy) is 4. The van der Waals surface area contributed by atoms with E-state index >= 15 is 0 Å². The van der Waals surface area contributed by atoms with Crippen molar-refractivity contribution in [3.05, 3.63) is 118 Å². The van der Waals surface area contributed by atoms with Crippen molar-refractivity contribution in [2.24, 2.45) is 0 Å². The van der Waals surface area contributed by atoms with Gasteiger partial charge in [0.15, 0.2) is 23.0 Å². The fourth-order valence-electron chi connectivity index (χ4n) is 6.44. The van der Waals surface area contributed by atoms with Gasteiger partial charge in [-0.1, -0.05) is 138 Å². The molecule has 0 radical (unpaired) electrons. The third-order valence-electron chi connectivity index (χ3n) is 10.2. The van der Waals surface area contributed by atoms with Crippen LogP contribution in [0.4, 0.5) is 5.69 Å². The smallest absolute Gasteiger partial charge is 0.231 e. The molecule has 6 nitrogen and oxygen atoms in total. The Morgan fingerprint density at radius 3 is 1.56 bits per heavy atom. The van der Waals surface area contributed by atoms with Crippen LogP contribution in [-0.2, 0) is 39.3 Å². The van der Waals surface area contributed by atoms with Crippen molar-refractivity contribution in [1.29, 1.82) is 0 Å². The van der Waals surface area contributed by atoms with Gasteiger partial charge in [0.05, 0.1) is 0 Å². The quantitative estimate of drug-likeness (QED) is 0.194. The third-order valence-corrected chi connectivity index (χ3v) is 10.2. The first-order chi connectivity index (χ1) is 25.7. The molecule has 0 saturated heterocycles. The lowest BCUT2D eigenvalue weighted by Crippen LogP contribution is -2.20. The SMILES string of the molecule is CC(C)(C)c1ccc2c(c1)CC=C2.CC(C)(C)c1ccc2c(c1)NC(=O)CC2.CC(C)(C)c1ccc2c(c1)OCCO2.CC(C)(C)c1ccc2c(c1)OCO2. The second-order valence-electron chi connectivity index (χ2n) is 18.9. The molecule has 0 spiro atoms. The number of carbonyl (C=O) groups excluding carboxylic acids is 1. The first kappa shape index (κ1) is 41.5. The Morgan fingerprint density at radius 2 is 0.964 bits per heavy atom. The summed E-state index contributed by atoms with van der Waals surface area (Å²) >= 11 is 0. The second-order valence-corrected chi connectivity index (χ2v) is 18.9. The first-order valence-corrected chi connectivity index (χ1v) is 19.7. The van der Waals surface area contributed by atoms with E-state index in [0.29, 0.717) is 26.4 Å². The minimum Gasteiger partial charge on any atom is -0.486 e. The van der Waals surface area contributed by atoms with Crippen LogP contribution in [0.25, 0.3) is 6.08 Å². The van der Waals surface area contributed by atoms with Crippen LogP contribution in [0.1, 0.15) is 128 Å². The third kappa shape index (κ3) is 11.2. The zero-order valence-electron chi connectivity index (χ0n) is 35.4. The Bertz CT molecular complexity index is 1970. The molecule has 0 aromatic heterocycles. The average molecular weight is 746 g/mol. The molecule has 3 aliphatic heterocycles. The molecule has 4 aliphatic rings. The molecule has 4 aromatic rings. The molecular formula is C49H63NO5. The monoisotopic (exact) mass is 745 g/mol. The van der Waals surface area contributed by atoms with Crippen LogP contribution >= 0.6 is 0 Å². The summed E-state index contributed by atoms with van der Waals surface area (Å²) in [7, 11) is 0. The number of amides is 1. The molecule has 3 heterocycles. The van der Waals surface area contributed by atoms with E-state index in [4.69, 9.17) is 18.9 Å². The average Bonchev–Trinajstić information content (AvgIpc) is 3.80. The van der Waals surface area contributed by atoms with Crippen LogP contribution in [0.2, 0.25) is 0 Å². The number of nitrogens with one attached hydrogen (secondary N) is 1. The normalized spacial score (nSPS) is 15.2. The summed E-state index contributed by atoms with van der Waals surface area (Å²) in [5.74, 6) is 3.60. The Labute approximate surface area is 330 Å². The van der Waals surface area contributed by atoms with Crippen molar-refractivity contribution in [2.45, 2.75) is 124 Å². The van der Waals surface area contributed by atoms with Gasteiger partial charge in [0.25, 0.3) is 0 Å².